The van der Waals surface area contributed by atoms with E-state index in [0.717, 1.165) is 56.6 Å². The number of hydrogen-bond acceptors (Lipinski definition) is 5. The molecule has 2 aliphatic heterocycles. The Bertz CT molecular complexity index is 753. The van der Waals surface area contributed by atoms with Gasteiger partial charge >= 0.3 is 0 Å². The first-order valence-electron chi connectivity index (χ1n) is 11.6. The molecule has 30 heavy (non-hydrogen) atoms. The molecule has 2 heterocycles. The fraction of sp³-hybridized carbons (Fsp3) is 0.667. The molecule has 0 aromatic heterocycles. The average molecular weight is 413 g/mol. The van der Waals surface area contributed by atoms with Crippen molar-refractivity contribution in [1.82, 2.24) is 14.7 Å². The van der Waals surface area contributed by atoms with Crippen LogP contribution in [0, 0.1) is 0 Å². The lowest BCUT2D eigenvalue weighted by atomic mass is 9.91. The zero-order chi connectivity index (χ0) is 21.3. The van der Waals surface area contributed by atoms with E-state index >= 15 is 0 Å². The molecule has 1 amide bonds. The molecule has 4 rings (SSSR count). The maximum Gasteiger partial charge on any atom is 0.236 e. The molecule has 6 nitrogen and oxygen atoms in total. The van der Waals surface area contributed by atoms with Gasteiger partial charge in [0.15, 0.2) is 5.78 Å². The van der Waals surface area contributed by atoms with Crippen LogP contribution in [-0.2, 0) is 4.79 Å². The summed E-state index contributed by atoms with van der Waals surface area (Å²) < 4.78 is 0. The Morgan fingerprint density at radius 3 is 2.17 bits per heavy atom. The van der Waals surface area contributed by atoms with Crippen LogP contribution in [0.15, 0.2) is 24.3 Å². The van der Waals surface area contributed by atoms with Crippen molar-refractivity contribution >= 4 is 17.4 Å². The molecule has 2 atom stereocenters. The van der Waals surface area contributed by atoms with E-state index in [1.807, 2.05) is 24.3 Å². The quantitative estimate of drug-likeness (QED) is 0.696. The van der Waals surface area contributed by atoms with Crippen LogP contribution < -0.4 is 4.90 Å². The van der Waals surface area contributed by atoms with Gasteiger partial charge in [0, 0.05) is 68.6 Å². The van der Waals surface area contributed by atoms with Gasteiger partial charge in [0.05, 0.1) is 6.54 Å². The summed E-state index contributed by atoms with van der Waals surface area (Å²) in [6.07, 6.45) is 4.04. The Labute approximate surface area is 180 Å². The highest BCUT2D eigenvalue weighted by atomic mass is 16.2. The van der Waals surface area contributed by atoms with Crippen LogP contribution in [0.1, 0.15) is 50.4 Å². The Morgan fingerprint density at radius 2 is 1.60 bits per heavy atom. The number of piperazine rings is 2. The highest BCUT2D eigenvalue weighted by Crippen LogP contribution is 2.26. The Morgan fingerprint density at radius 1 is 0.933 bits per heavy atom. The van der Waals surface area contributed by atoms with Gasteiger partial charge in [-0.15, -0.1) is 0 Å². The second-order valence-electron chi connectivity index (χ2n) is 9.38. The Kier molecular flexibility index (Phi) is 6.44. The predicted octanol–water partition coefficient (Wildman–Crippen LogP) is 2.48. The summed E-state index contributed by atoms with van der Waals surface area (Å²) in [5, 5.41) is 0. The van der Waals surface area contributed by atoms with Gasteiger partial charge in [-0.05, 0) is 57.9 Å². The van der Waals surface area contributed by atoms with E-state index in [0.29, 0.717) is 18.6 Å². The third-order valence-corrected chi connectivity index (χ3v) is 7.32. The number of carbonyl (C=O) groups is 2. The number of Topliss-reactive ketones (excluding diaryl/α,β-unsaturated/α-hetero) is 1. The number of benzene rings is 1. The first-order chi connectivity index (χ1) is 14.4. The van der Waals surface area contributed by atoms with Crippen molar-refractivity contribution in [3.05, 3.63) is 29.8 Å². The molecular weight excluding hydrogens is 376 g/mol. The van der Waals surface area contributed by atoms with Gasteiger partial charge < -0.3 is 9.80 Å². The van der Waals surface area contributed by atoms with Gasteiger partial charge in [-0.1, -0.05) is 6.42 Å². The van der Waals surface area contributed by atoms with Crippen LogP contribution in [-0.4, -0.2) is 90.3 Å². The summed E-state index contributed by atoms with van der Waals surface area (Å²) in [4.78, 5) is 33.9. The molecule has 1 aromatic carbocycles. The molecule has 1 aromatic rings. The van der Waals surface area contributed by atoms with Crippen LogP contribution in [0.4, 0.5) is 5.69 Å². The summed E-state index contributed by atoms with van der Waals surface area (Å²) in [5.74, 6) is 0.376. The van der Waals surface area contributed by atoms with Crippen LogP contribution in [0.2, 0.25) is 0 Å². The van der Waals surface area contributed by atoms with Crippen molar-refractivity contribution in [2.24, 2.45) is 0 Å². The van der Waals surface area contributed by atoms with Crippen molar-refractivity contribution in [3.63, 3.8) is 0 Å². The summed E-state index contributed by atoms with van der Waals surface area (Å²) in [5.41, 5.74) is 1.90. The monoisotopic (exact) mass is 412 g/mol. The molecule has 3 fully saturated rings. The van der Waals surface area contributed by atoms with Gasteiger partial charge in [-0.3, -0.25) is 19.4 Å². The molecule has 164 valence electrons. The normalized spacial score (nSPS) is 26.5. The zero-order valence-electron chi connectivity index (χ0n) is 18.7. The molecule has 6 heteroatoms. The fourth-order valence-electron chi connectivity index (χ4n) is 5.03. The number of ketones is 1. The number of rotatable bonds is 5. The molecule has 0 N–H and O–H groups in total. The standard InChI is InChI=1S/C24H36N4O2/c1-18-16-28(23-9-7-21(8-10-23)20(3)29)19(2)15-27(18)17-24(30)26-13-11-25(12-14-26)22-5-4-6-22/h7-10,18-19,22H,4-6,11-17H2,1-3H3/t18-,19+/m1/s1. The summed E-state index contributed by atoms with van der Waals surface area (Å²) in [7, 11) is 0. The molecule has 1 aliphatic carbocycles. The molecule has 3 aliphatic rings. The van der Waals surface area contributed by atoms with Crippen LogP contribution in [0.5, 0.6) is 0 Å². The maximum absolute atomic E-state index is 13.0. The Balaban J connectivity index is 1.30. The summed E-state index contributed by atoms with van der Waals surface area (Å²) in [6, 6.07) is 9.33. The smallest absolute Gasteiger partial charge is 0.236 e. The van der Waals surface area contributed by atoms with Crippen LogP contribution in [0.25, 0.3) is 0 Å². The van der Waals surface area contributed by atoms with E-state index in [1.54, 1.807) is 6.92 Å². The van der Waals surface area contributed by atoms with E-state index in [1.165, 1.54) is 19.3 Å². The van der Waals surface area contributed by atoms with E-state index in [2.05, 4.69) is 33.4 Å². The van der Waals surface area contributed by atoms with Crippen LogP contribution >= 0.6 is 0 Å². The van der Waals surface area contributed by atoms with Gasteiger partial charge in [-0.2, -0.15) is 0 Å². The van der Waals surface area contributed by atoms with Crippen molar-refractivity contribution in [2.45, 2.75) is 58.2 Å². The highest BCUT2D eigenvalue weighted by Gasteiger charge is 2.33. The lowest BCUT2D eigenvalue weighted by Crippen LogP contribution is -2.60. The second kappa shape index (κ2) is 9.06. The molecule has 1 saturated carbocycles. The topological polar surface area (TPSA) is 47.1 Å². The lowest BCUT2D eigenvalue weighted by molar-refractivity contribution is -0.135. The van der Waals surface area contributed by atoms with E-state index in [9.17, 15) is 9.59 Å². The molecule has 0 bridgehead atoms. The number of nitrogens with zero attached hydrogens (tertiary/aromatic N) is 4. The number of anilines is 1. The van der Waals surface area contributed by atoms with Gasteiger partial charge in [0.1, 0.15) is 0 Å². The molecule has 0 spiro atoms. The third-order valence-electron chi connectivity index (χ3n) is 7.32. The summed E-state index contributed by atoms with van der Waals surface area (Å²) in [6.45, 7) is 12.1. The molecule has 0 unspecified atom stereocenters. The van der Waals surface area contributed by atoms with Crippen molar-refractivity contribution < 1.29 is 9.59 Å². The highest BCUT2D eigenvalue weighted by molar-refractivity contribution is 5.94. The van der Waals surface area contributed by atoms with Crippen molar-refractivity contribution in [2.75, 3.05) is 50.7 Å². The van der Waals surface area contributed by atoms with Gasteiger partial charge in [0.2, 0.25) is 5.91 Å². The lowest BCUT2D eigenvalue weighted by Gasteiger charge is -2.46. The first kappa shape index (κ1) is 21.3. The number of hydrogen-bond donors (Lipinski definition) is 0. The van der Waals surface area contributed by atoms with E-state index in [4.69, 9.17) is 0 Å². The SMILES string of the molecule is CC(=O)c1ccc(N2C[C@@H](C)N(CC(=O)N3CCN(C4CCC4)CC3)C[C@@H]2C)cc1. The number of carbonyl (C=O) groups excluding carboxylic acids is 2. The average Bonchev–Trinajstić information content (AvgIpc) is 2.70. The van der Waals surface area contributed by atoms with Gasteiger partial charge in [0.25, 0.3) is 0 Å². The predicted molar refractivity (Wildman–Crippen MR) is 120 cm³/mol. The minimum Gasteiger partial charge on any atom is -0.366 e. The van der Waals surface area contributed by atoms with E-state index in [-0.39, 0.29) is 11.7 Å². The van der Waals surface area contributed by atoms with Crippen molar-refractivity contribution in [3.8, 4) is 0 Å². The molecular formula is C24H36N4O2. The molecule has 2 saturated heterocycles. The second-order valence-corrected chi connectivity index (χ2v) is 9.38. The zero-order valence-corrected chi connectivity index (χ0v) is 18.7. The molecule has 0 radical (unpaired) electrons. The van der Waals surface area contributed by atoms with E-state index < -0.39 is 0 Å². The van der Waals surface area contributed by atoms with Crippen LogP contribution in [0.3, 0.4) is 0 Å². The Hall–Kier alpha value is -1.92. The third kappa shape index (κ3) is 4.54. The fourth-order valence-corrected chi connectivity index (χ4v) is 5.03. The maximum atomic E-state index is 13.0. The minimum atomic E-state index is 0.0971. The minimum absolute atomic E-state index is 0.0971. The van der Waals surface area contributed by atoms with Crippen molar-refractivity contribution in [1.29, 1.82) is 0 Å². The summed E-state index contributed by atoms with van der Waals surface area (Å²) >= 11 is 0. The number of amides is 1. The first-order valence-corrected chi connectivity index (χ1v) is 11.6. The van der Waals surface area contributed by atoms with Gasteiger partial charge in [-0.25, -0.2) is 0 Å². The largest absolute Gasteiger partial charge is 0.366 e.